The zero-order chi connectivity index (χ0) is 8.72. The smallest absolute Gasteiger partial charge is 0.0570 e. The number of fused-ring (bicyclic) bond motifs is 2. The van der Waals surface area contributed by atoms with Crippen LogP contribution in [0.1, 0.15) is 39.5 Å². The van der Waals surface area contributed by atoms with Gasteiger partial charge in [0, 0.05) is 18.1 Å². The molecular weight excluding hydrogens is 150 g/mol. The van der Waals surface area contributed by atoms with Gasteiger partial charge in [0.05, 0.1) is 6.10 Å². The van der Waals surface area contributed by atoms with Gasteiger partial charge in [-0.25, -0.2) is 0 Å². The van der Waals surface area contributed by atoms with Gasteiger partial charge in [-0.15, -0.1) is 0 Å². The van der Waals surface area contributed by atoms with E-state index in [1.54, 1.807) is 0 Å². The van der Waals surface area contributed by atoms with Crippen LogP contribution in [0, 0.1) is 0 Å². The molecule has 2 saturated heterocycles. The topological polar surface area (TPSA) is 23.5 Å². The average Bonchev–Trinajstić information content (AvgIpc) is 2.24. The molecule has 1 N–H and O–H groups in total. The second-order valence-electron chi connectivity index (χ2n) is 4.55. The van der Waals surface area contributed by atoms with Gasteiger partial charge < -0.3 is 5.11 Å². The Balaban J connectivity index is 2.09. The third-order valence-electron chi connectivity index (χ3n) is 3.36. The van der Waals surface area contributed by atoms with Crippen molar-refractivity contribution in [2.45, 2.75) is 63.8 Å². The van der Waals surface area contributed by atoms with Crippen LogP contribution in [0.25, 0.3) is 0 Å². The molecule has 0 spiro atoms. The lowest BCUT2D eigenvalue weighted by atomic mass is 9.98. The Morgan fingerprint density at radius 2 is 1.67 bits per heavy atom. The number of rotatable bonds is 1. The summed E-state index contributed by atoms with van der Waals surface area (Å²) in [7, 11) is 0. The Kier molecular flexibility index (Phi) is 2.13. The lowest BCUT2D eigenvalue weighted by Crippen LogP contribution is -2.48. The summed E-state index contributed by atoms with van der Waals surface area (Å²) in [6.07, 6.45) is 4.61. The second kappa shape index (κ2) is 3.00. The Bertz CT molecular complexity index is 155. The molecule has 0 amide bonds. The molecule has 0 aromatic heterocycles. The largest absolute Gasteiger partial charge is 0.393 e. The summed E-state index contributed by atoms with van der Waals surface area (Å²) >= 11 is 0. The van der Waals surface area contributed by atoms with Crippen molar-refractivity contribution in [3.8, 4) is 0 Å². The third-order valence-corrected chi connectivity index (χ3v) is 3.36. The molecule has 0 aromatic carbocycles. The minimum Gasteiger partial charge on any atom is -0.393 e. The predicted octanol–water partition coefficient (Wildman–Crippen LogP) is 1.38. The number of piperidine rings is 1. The molecule has 2 bridgehead atoms. The van der Waals surface area contributed by atoms with Crippen LogP contribution < -0.4 is 0 Å². The standard InChI is InChI=1S/C10H19NO/c1-7(2)11-8-3-4-9(11)6-10(12)5-8/h7-10,12H,3-6H2,1-2H3. The van der Waals surface area contributed by atoms with E-state index in [9.17, 15) is 5.11 Å². The first-order valence-corrected chi connectivity index (χ1v) is 5.14. The summed E-state index contributed by atoms with van der Waals surface area (Å²) in [6.45, 7) is 4.53. The van der Waals surface area contributed by atoms with Gasteiger partial charge in [-0.2, -0.15) is 0 Å². The summed E-state index contributed by atoms with van der Waals surface area (Å²) in [5.41, 5.74) is 0. The van der Waals surface area contributed by atoms with Gasteiger partial charge in [0.15, 0.2) is 0 Å². The molecule has 2 fully saturated rings. The van der Waals surface area contributed by atoms with Crippen molar-refractivity contribution in [2.24, 2.45) is 0 Å². The third kappa shape index (κ3) is 1.27. The van der Waals surface area contributed by atoms with E-state index in [4.69, 9.17) is 0 Å². The minimum absolute atomic E-state index is 0.0162. The van der Waals surface area contributed by atoms with Crippen LogP contribution in [0.4, 0.5) is 0 Å². The van der Waals surface area contributed by atoms with Crippen LogP contribution in [-0.2, 0) is 0 Å². The molecule has 2 rings (SSSR count). The van der Waals surface area contributed by atoms with Crippen molar-refractivity contribution in [3.05, 3.63) is 0 Å². The van der Waals surface area contributed by atoms with Gasteiger partial charge in [-0.3, -0.25) is 4.90 Å². The minimum atomic E-state index is -0.0162. The van der Waals surface area contributed by atoms with Crippen LogP contribution in [0.2, 0.25) is 0 Å². The summed E-state index contributed by atoms with van der Waals surface area (Å²) in [5, 5.41) is 9.56. The highest BCUT2D eigenvalue weighted by atomic mass is 16.3. The van der Waals surface area contributed by atoms with Crippen LogP contribution in [0.15, 0.2) is 0 Å². The zero-order valence-electron chi connectivity index (χ0n) is 8.03. The zero-order valence-corrected chi connectivity index (χ0v) is 8.03. The van der Waals surface area contributed by atoms with Crippen molar-refractivity contribution in [2.75, 3.05) is 0 Å². The summed E-state index contributed by atoms with van der Waals surface area (Å²) in [4.78, 5) is 2.60. The van der Waals surface area contributed by atoms with E-state index in [1.807, 2.05) is 0 Å². The van der Waals surface area contributed by atoms with E-state index in [-0.39, 0.29) is 6.10 Å². The highest BCUT2D eigenvalue weighted by Crippen LogP contribution is 2.36. The molecule has 0 radical (unpaired) electrons. The summed E-state index contributed by atoms with van der Waals surface area (Å²) < 4.78 is 0. The van der Waals surface area contributed by atoms with Gasteiger partial charge in [0.2, 0.25) is 0 Å². The van der Waals surface area contributed by atoms with Gasteiger partial charge >= 0.3 is 0 Å². The first-order valence-electron chi connectivity index (χ1n) is 5.14. The first-order chi connectivity index (χ1) is 5.68. The second-order valence-corrected chi connectivity index (χ2v) is 4.55. The molecule has 0 saturated carbocycles. The van der Waals surface area contributed by atoms with E-state index in [1.165, 1.54) is 12.8 Å². The van der Waals surface area contributed by atoms with Crippen LogP contribution in [0.5, 0.6) is 0 Å². The number of aliphatic hydroxyl groups is 1. The number of hydrogen-bond acceptors (Lipinski definition) is 2. The van der Waals surface area contributed by atoms with Crippen LogP contribution in [-0.4, -0.2) is 34.2 Å². The molecule has 2 nitrogen and oxygen atoms in total. The van der Waals surface area contributed by atoms with E-state index in [2.05, 4.69) is 18.7 Å². The molecule has 70 valence electrons. The fourth-order valence-corrected chi connectivity index (χ4v) is 3.03. The Morgan fingerprint density at radius 3 is 2.08 bits per heavy atom. The van der Waals surface area contributed by atoms with Gasteiger partial charge in [-0.05, 0) is 39.5 Å². The quantitative estimate of drug-likeness (QED) is 0.641. The molecular formula is C10H19NO. The molecule has 2 heterocycles. The van der Waals surface area contributed by atoms with Crippen molar-refractivity contribution < 1.29 is 5.11 Å². The lowest BCUT2D eigenvalue weighted by Gasteiger charge is -2.39. The highest BCUT2D eigenvalue weighted by molar-refractivity contribution is 4.96. The average molecular weight is 169 g/mol. The molecule has 0 aliphatic carbocycles. The molecule has 2 aliphatic heterocycles. The van der Waals surface area contributed by atoms with Crippen molar-refractivity contribution >= 4 is 0 Å². The van der Waals surface area contributed by atoms with Gasteiger partial charge in [0.1, 0.15) is 0 Å². The SMILES string of the molecule is CC(C)N1C2CCC1CC(O)C2. The van der Waals surface area contributed by atoms with Crippen LogP contribution in [0.3, 0.4) is 0 Å². The maximum atomic E-state index is 9.56. The molecule has 2 heteroatoms. The molecule has 0 aromatic rings. The Hall–Kier alpha value is -0.0800. The predicted molar refractivity (Wildman–Crippen MR) is 49.0 cm³/mol. The van der Waals surface area contributed by atoms with E-state index in [0.717, 1.165) is 12.8 Å². The maximum absolute atomic E-state index is 9.56. The van der Waals surface area contributed by atoms with Crippen molar-refractivity contribution in [3.63, 3.8) is 0 Å². The van der Waals surface area contributed by atoms with Gasteiger partial charge in [-0.1, -0.05) is 0 Å². The Morgan fingerprint density at radius 1 is 1.17 bits per heavy atom. The fraction of sp³-hybridized carbons (Fsp3) is 1.00. The lowest BCUT2D eigenvalue weighted by molar-refractivity contribution is 0.0187. The van der Waals surface area contributed by atoms with Crippen LogP contribution >= 0.6 is 0 Å². The number of aliphatic hydroxyl groups excluding tert-OH is 1. The van der Waals surface area contributed by atoms with E-state index in [0.29, 0.717) is 18.1 Å². The summed E-state index contributed by atoms with van der Waals surface area (Å²) in [5.74, 6) is 0. The molecule has 2 atom stereocenters. The normalized spacial score (nSPS) is 42.5. The van der Waals surface area contributed by atoms with Crippen molar-refractivity contribution in [1.82, 2.24) is 4.90 Å². The molecule has 2 unspecified atom stereocenters. The van der Waals surface area contributed by atoms with Gasteiger partial charge in [0.25, 0.3) is 0 Å². The highest BCUT2D eigenvalue weighted by Gasteiger charge is 2.40. The maximum Gasteiger partial charge on any atom is 0.0570 e. The fourth-order valence-electron chi connectivity index (χ4n) is 3.03. The summed E-state index contributed by atoms with van der Waals surface area (Å²) in [6, 6.07) is 2.02. The van der Waals surface area contributed by atoms with E-state index >= 15 is 0 Å². The molecule has 12 heavy (non-hydrogen) atoms. The monoisotopic (exact) mass is 169 g/mol. The number of nitrogens with zero attached hydrogens (tertiary/aromatic N) is 1. The van der Waals surface area contributed by atoms with Crippen molar-refractivity contribution in [1.29, 1.82) is 0 Å². The Labute approximate surface area is 74.6 Å². The van der Waals surface area contributed by atoms with E-state index < -0.39 is 0 Å². The number of hydrogen-bond donors (Lipinski definition) is 1. The molecule has 2 aliphatic rings. The first kappa shape index (κ1) is 8.52.